The predicted molar refractivity (Wildman–Crippen MR) is 124 cm³/mol. The van der Waals surface area contributed by atoms with Crippen LogP contribution in [0.2, 0.25) is 5.02 Å². The average Bonchev–Trinajstić information content (AvgIpc) is 2.99. The van der Waals surface area contributed by atoms with Gasteiger partial charge in [0.1, 0.15) is 24.2 Å². The van der Waals surface area contributed by atoms with Crippen molar-refractivity contribution in [2.75, 3.05) is 6.61 Å². The van der Waals surface area contributed by atoms with E-state index in [2.05, 4.69) is 0 Å². The Balaban J connectivity index is 1.79. The lowest BCUT2D eigenvalue weighted by Gasteiger charge is -2.17. The smallest absolute Gasteiger partial charge is 0.306 e. The Labute approximate surface area is 194 Å². The van der Waals surface area contributed by atoms with Crippen molar-refractivity contribution in [1.82, 2.24) is 0 Å². The number of halogens is 1. The Morgan fingerprint density at radius 3 is 2.81 bits per heavy atom. The molecule has 1 saturated carbocycles. The second-order valence-corrected chi connectivity index (χ2v) is 8.72. The minimum absolute atomic E-state index is 0.0319. The molecule has 2 rings (SSSR count). The molecule has 7 heteroatoms. The molecule has 0 spiro atoms. The number of unbranched alkanes of at least 4 members (excludes halogenated alkanes) is 1. The molecule has 0 aliphatic heterocycles. The van der Waals surface area contributed by atoms with Gasteiger partial charge < -0.3 is 19.7 Å². The van der Waals surface area contributed by atoms with Gasteiger partial charge in [0, 0.05) is 29.7 Å². The second-order valence-electron chi connectivity index (χ2n) is 8.29. The van der Waals surface area contributed by atoms with Crippen LogP contribution in [0.3, 0.4) is 0 Å². The Kier molecular flexibility index (Phi) is 10.9. The lowest BCUT2D eigenvalue weighted by molar-refractivity contribution is -0.147. The first-order chi connectivity index (χ1) is 15.3. The minimum atomic E-state index is -0.888. The van der Waals surface area contributed by atoms with Crippen molar-refractivity contribution in [3.05, 3.63) is 53.6 Å². The number of allylic oxidation sites excluding steroid dienone is 3. The summed E-state index contributed by atoms with van der Waals surface area (Å²) < 4.78 is 10.6. The molecule has 32 heavy (non-hydrogen) atoms. The van der Waals surface area contributed by atoms with Gasteiger partial charge in [0.15, 0.2) is 0 Å². The maximum absolute atomic E-state index is 12.3. The molecule has 0 aromatic heterocycles. The maximum atomic E-state index is 12.3. The van der Waals surface area contributed by atoms with Crippen LogP contribution in [0.1, 0.15) is 46.0 Å². The van der Waals surface area contributed by atoms with E-state index in [0.29, 0.717) is 30.0 Å². The quantitative estimate of drug-likeness (QED) is 0.272. The molecule has 1 aliphatic rings. The van der Waals surface area contributed by atoms with Crippen LogP contribution in [0.4, 0.5) is 0 Å². The number of rotatable bonds is 12. The lowest BCUT2D eigenvalue weighted by Crippen LogP contribution is -2.20. The molecular formula is C25H33ClO6. The van der Waals surface area contributed by atoms with Crippen LogP contribution in [0.15, 0.2) is 48.6 Å². The van der Waals surface area contributed by atoms with E-state index < -0.39 is 18.1 Å². The van der Waals surface area contributed by atoms with E-state index in [1.807, 2.05) is 26.0 Å². The maximum Gasteiger partial charge on any atom is 0.306 e. The van der Waals surface area contributed by atoms with E-state index in [4.69, 9.17) is 21.1 Å². The van der Waals surface area contributed by atoms with Gasteiger partial charge in [-0.05, 0) is 51.3 Å². The highest BCUT2D eigenvalue weighted by atomic mass is 35.5. The molecular weight excluding hydrogens is 432 g/mol. The summed E-state index contributed by atoms with van der Waals surface area (Å²) in [6, 6.07) is 6.89. The number of ketones is 1. The zero-order valence-electron chi connectivity index (χ0n) is 18.7. The molecule has 0 amide bonds. The molecule has 1 fully saturated rings. The zero-order valence-corrected chi connectivity index (χ0v) is 19.4. The molecule has 0 heterocycles. The van der Waals surface area contributed by atoms with Crippen LogP contribution < -0.4 is 4.74 Å². The number of carbonyl (C=O) groups excluding carboxylic acids is 2. The van der Waals surface area contributed by atoms with Crippen molar-refractivity contribution in [3.8, 4) is 5.75 Å². The second kappa shape index (κ2) is 13.4. The first-order valence-corrected chi connectivity index (χ1v) is 11.4. The SMILES string of the molecule is CC(C)OC(=O)CCCC=CC[C@H]1[C@@H](O)CC(=O)[C@@H]1C=CC(O)COc1cccc(Cl)c1. The molecule has 1 aliphatic carbocycles. The Morgan fingerprint density at radius 2 is 2.09 bits per heavy atom. The van der Waals surface area contributed by atoms with Crippen LogP contribution in [0, 0.1) is 11.8 Å². The van der Waals surface area contributed by atoms with Crippen LogP contribution in [0.25, 0.3) is 0 Å². The summed E-state index contributed by atoms with van der Waals surface area (Å²) >= 11 is 5.91. The number of aliphatic hydroxyl groups is 2. The Hall–Kier alpha value is -2.15. The molecule has 4 atom stereocenters. The Bertz CT molecular complexity index is 803. The van der Waals surface area contributed by atoms with Crippen molar-refractivity contribution in [3.63, 3.8) is 0 Å². The van der Waals surface area contributed by atoms with E-state index in [1.54, 1.807) is 36.4 Å². The van der Waals surface area contributed by atoms with Gasteiger partial charge in [0.2, 0.25) is 0 Å². The van der Waals surface area contributed by atoms with Gasteiger partial charge in [-0.15, -0.1) is 0 Å². The molecule has 0 saturated heterocycles. The molecule has 1 aromatic carbocycles. The summed E-state index contributed by atoms with van der Waals surface area (Å²) in [5, 5.41) is 21.0. The first-order valence-electron chi connectivity index (χ1n) is 11.1. The van der Waals surface area contributed by atoms with E-state index >= 15 is 0 Å². The fourth-order valence-corrected chi connectivity index (χ4v) is 3.80. The van der Waals surface area contributed by atoms with Gasteiger partial charge in [0.25, 0.3) is 0 Å². The standard InChI is InChI=1S/C25H33ClO6/c1-17(2)32-25(30)11-6-4-3-5-10-21-22(24(29)15-23(21)28)13-12-19(27)16-31-20-9-7-8-18(26)14-20/h3,5,7-9,12-14,17,19,21-23,27-28H,4,6,10-11,15-16H2,1-2H3/t19?,21-,22-,23+/m1/s1. The fraction of sp³-hybridized carbons (Fsp3) is 0.520. The monoisotopic (exact) mass is 464 g/mol. The van der Waals surface area contributed by atoms with E-state index in [-0.39, 0.29) is 36.8 Å². The van der Waals surface area contributed by atoms with Crippen LogP contribution in [-0.4, -0.2) is 46.9 Å². The van der Waals surface area contributed by atoms with Crippen molar-refractivity contribution in [2.24, 2.45) is 11.8 Å². The van der Waals surface area contributed by atoms with Crippen LogP contribution in [0.5, 0.6) is 5.75 Å². The molecule has 0 bridgehead atoms. The van der Waals surface area contributed by atoms with Gasteiger partial charge in [-0.3, -0.25) is 9.59 Å². The summed E-state index contributed by atoms with van der Waals surface area (Å²) in [5.74, 6) is -0.365. The third kappa shape index (κ3) is 9.15. The van der Waals surface area contributed by atoms with E-state index in [9.17, 15) is 19.8 Å². The lowest BCUT2D eigenvalue weighted by atomic mass is 9.90. The molecule has 1 unspecified atom stereocenters. The highest BCUT2D eigenvalue weighted by molar-refractivity contribution is 6.30. The van der Waals surface area contributed by atoms with Crippen molar-refractivity contribution in [2.45, 2.75) is 64.3 Å². The molecule has 176 valence electrons. The van der Waals surface area contributed by atoms with Crippen LogP contribution >= 0.6 is 11.6 Å². The number of carbonyl (C=O) groups is 2. The fourth-order valence-electron chi connectivity index (χ4n) is 3.62. The third-order valence-corrected chi connectivity index (χ3v) is 5.42. The number of esters is 1. The summed E-state index contributed by atoms with van der Waals surface area (Å²) in [6.45, 7) is 3.68. The highest BCUT2D eigenvalue weighted by Gasteiger charge is 2.39. The van der Waals surface area contributed by atoms with Crippen LogP contribution in [-0.2, 0) is 14.3 Å². The number of benzene rings is 1. The number of hydrogen-bond acceptors (Lipinski definition) is 6. The largest absolute Gasteiger partial charge is 0.491 e. The van der Waals surface area contributed by atoms with E-state index in [0.717, 1.165) is 6.42 Å². The molecule has 1 aromatic rings. The number of aliphatic hydroxyl groups excluding tert-OH is 2. The number of Topliss-reactive ketones (excluding diaryl/α,β-unsaturated/α-hetero) is 1. The summed E-state index contributed by atoms with van der Waals surface area (Å²) in [4.78, 5) is 23.8. The highest BCUT2D eigenvalue weighted by Crippen LogP contribution is 2.33. The summed E-state index contributed by atoms with van der Waals surface area (Å²) in [7, 11) is 0. The summed E-state index contributed by atoms with van der Waals surface area (Å²) in [6.07, 6.45) is 7.88. The van der Waals surface area contributed by atoms with E-state index in [1.165, 1.54) is 0 Å². The van der Waals surface area contributed by atoms with Gasteiger partial charge in [0.05, 0.1) is 12.2 Å². The van der Waals surface area contributed by atoms with Gasteiger partial charge in [-0.2, -0.15) is 0 Å². The zero-order chi connectivity index (χ0) is 23.5. The molecule has 0 radical (unpaired) electrons. The van der Waals surface area contributed by atoms with Crippen molar-refractivity contribution >= 4 is 23.4 Å². The topological polar surface area (TPSA) is 93.1 Å². The van der Waals surface area contributed by atoms with Gasteiger partial charge in [-0.25, -0.2) is 0 Å². The molecule has 2 N–H and O–H groups in total. The molecule has 6 nitrogen and oxygen atoms in total. The first kappa shape index (κ1) is 26.1. The third-order valence-electron chi connectivity index (χ3n) is 5.19. The summed E-state index contributed by atoms with van der Waals surface area (Å²) in [5.41, 5.74) is 0. The van der Waals surface area contributed by atoms with Gasteiger partial charge in [-0.1, -0.05) is 42.0 Å². The Morgan fingerprint density at radius 1 is 1.31 bits per heavy atom. The number of hydrogen-bond donors (Lipinski definition) is 2. The normalized spacial score (nSPS) is 22.2. The van der Waals surface area contributed by atoms with Crippen molar-refractivity contribution < 1.29 is 29.3 Å². The predicted octanol–water partition coefficient (Wildman–Crippen LogP) is 4.27. The number of ether oxygens (including phenoxy) is 2. The van der Waals surface area contributed by atoms with Crippen molar-refractivity contribution in [1.29, 1.82) is 0 Å². The average molecular weight is 465 g/mol. The minimum Gasteiger partial charge on any atom is -0.491 e. The van der Waals surface area contributed by atoms with Gasteiger partial charge >= 0.3 is 5.97 Å².